The molecule has 1 aromatic carbocycles. The molecule has 3 aliphatic rings. The summed E-state index contributed by atoms with van der Waals surface area (Å²) in [5.41, 5.74) is 1.65. The van der Waals surface area contributed by atoms with E-state index in [1.807, 2.05) is 30.9 Å². The fraction of sp³-hybridized carbons (Fsp3) is 0.708. The predicted molar refractivity (Wildman–Crippen MR) is 123 cm³/mol. The molecule has 2 saturated heterocycles. The highest BCUT2D eigenvalue weighted by atomic mass is 32.2. The largest absolute Gasteiger partial charge is 0.339 e. The summed E-state index contributed by atoms with van der Waals surface area (Å²) in [7, 11) is -3.75. The molecule has 2 heterocycles. The van der Waals surface area contributed by atoms with Gasteiger partial charge >= 0.3 is 0 Å². The minimum Gasteiger partial charge on any atom is -0.339 e. The Balaban J connectivity index is 1.47. The maximum atomic E-state index is 13.9. The molecule has 0 radical (unpaired) electrons. The molecule has 1 aromatic rings. The highest BCUT2D eigenvalue weighted by Gasteiger charge is 2.55. The van der Waals surface area contributed by atoms with Crippen LogP contribution in [0, 0.1) is 13.8 Å². The van der Waals surface area contributed by atoms with E-state index in [0.29, 0.717) is 30.8 Å². The van der Waals surface area contributed by atoms with Crippen LogP contribution in [-0.4, -0.2) is 86.1 Å². The molecular formula is C24H37N3O3S. The molecule has 31 heavy (non-hydrogen) atoms. The Labute approximate surface area is 187 Å². The van der Waals surface area contributed by atoms with Crippen LogP contribution in [0.15, 0.2) is 23.1 Å². The lowest BCUT2D eigenvalue weighted by molar-refractivity contribution is -0.135. The van der Waals surface area contributed by atoms with Crippen LogP contribution in [0.3, 0.4) is 0 Å². The summed E-state index contributed by atoms with van der Waals surface area (Å²) < 4.78 is 26.4. The van der Waals surface area contributed by atoms with Crippen LogP contribution in [0.1, 0.15) is 49.7 Å². The Morgan fingerprint density at radius 1 is 0.871 bits per heavy atom. The van der Waals surface area contributed by atoms with Crippen LogP contribution in [0.2, 0.25) is 0 Å². The van der Waals surface area contributed by atoms with Crippen molar-refractivity contribution in [2.45, 2.75) is 62.0 Å². The standard InChI is InChI=1S/C24H37N3O3S/c1-20-7-8-21(2)22(19-20)31(29,30)24(9-3-4-10-24)23(28)27-17-15-26(16-18-27)14-13-25-11-5-6-12-25/h7-8,19H,3-6,9-18H2,1-2H3. The summed E-state index contributed by atoms with van der Waals surface area (Å²) in [5.74, 6) is -0.162. The van der Waals surface area contributed by atoms with Crippen LogP contribution >= 0.6 is 0 Å². The molecule has 0 spiro atoms. The van der Waals surface area contributed by atoms with Crippen LogP contribution < -0.4 is 0 Å². The number of likely N-dealkylation sites (tertiary alicyclic amines) is 1. The van der Waals surface area contributed by atoms with Gasteiger partial charge in [0.15, 0.2) is 14.6 Å². The number of carbonyl (C=O) groups is 1. The van der Waals surface area contributed by atoms with Gasteiger partial charge in [0.05, 0.1) is 4.90 Å². The molecule has 1 aliphatic carbocycles. The number of aryl methyl sites for hydroxylation is 2. The number of benzene rings is 1. The van der Waals surface area contributed by atoms with Crippen molar-refractivity contribution in [2.75, 3.05) is 52.4 Å². The van der Waals surface area contributed by atoms with E-state index in [2.05, 4.69) is 9.80 Å². The Morgan fingerprint density at radius 2 is 1.45 bits per heavy atom. The topological polar surface area (TPSA) is 60.9 Å². The van der Waals surface area contributed by atoms with Gasteiger partial charge in [-0.15, -0.1) is 0 Å². The van der Waals surface area contributed by atoms with E-state index in [0.717, 1.165) is 50.1 Å². The van der Waals surface area contributed by atoms with Crippen molar-refractivity contribution in [3.05, 3.63) is 29.3 Å². The molecule has 2 aliphatic heterocycles. The van der Waals surface area contributed by atoms with Gasteiger partial charge in [0.25, 0.3) is 0 Å². The lowest BCUT2D eigenvalue weighted by Crippen LogP contribution is -2.58. The Morgan fingerprint density at radius 3 is 2.06 bits per heavy atom. The average molecular weight is 448 g/mol. The monoisotopic (exact) mass is 447 g/mol. The van der Waals surface area contributed by atoms with E-state index in [4.69, 9.17) is 0 Å². The molecule has 0 aromatic heterocycles. The molecule has 0 atom stereocenters. The quantitative estimate of drug-likeness (QED) is 0.671. The van der Waals surface area contributed by atoms with Crippen molar-refractivity contribution >= 4 is 15.7 Å². The third-order valence-electron chi connectivity index (χ3n) is 7.54. The third kappa shape index (κ3) is 4.41. The van der Waals surface area contributed by atoms with Gasteiger partial charge in [0, 0.05) is 39.3 Å². The average Bonchev–Trinajstić information content (AvgIpc) is 3.47. The Kier molecular flexibility index (Phi) is 6.75. The second kappa shape index (κ2) is 9.20. The summed E-state index contributed by atoms with van der Waals surface area (Å²) in [6, 6.07) is 5.53. The van der Waals surface area contributed by atoms with E-state index in [9.17, 15) is 13.2 Å². The summed E-state index contributed by atoms with van der Waals surface area (Å²) in [4.78, 5) is 20.8. The highest BCUT2D eigenvalue weighted by Crippen LogP contribution is 2.43. The van der Waals surface area contributed by atoms with Gasteiger partial charge in [-0.25, -0.2) is 8.42 Å². The predicted octanol–water partition coefficient (Wildman–Crippen LogP) is 2.63. The maximum absolute atomic E-state index is 13.9. The number of carbonyl (C=O) groups excluding carboxylic acids is 1. The van der Waals surface area contributed by atoms with Gasteiger partial charge in [-0.1, -0.05) is 25.0 Å². The molecular weight excluding hydrogens is 410 g/mol. The molecule has 1 amide bonds. The zero-order valence-corrected chi connectivity index (χ0v) is 19.9. The van der Waals surface area contributed by atoms with Crippen molar-refractivity contribution < 1.29 is 13.2 Å². The summed E-state index contributed by atoms with van der Waals surface area (Å²) in [6.07, 6.45) is 5.09. The number of rotatable bonds is 6. The van der Waals surface area contributed by atoms with Gasteiger partial charge in [-0.2, -0.15) is 0 Å². The molecule has 0 unspecified atom stereocenters. The van der Waals surface area contributed by atoms with E-state index >= 15 is 0 Å². The Hall–Kier alpha value is -1.44. The zero-order valence-electron chi connectivity index (χ0n) is 19.1. The van der Waals surface area contributed by atoms with Crippen LogP contribution in [0.25, 0.3) is 0 Å². The number of hydrogen-bond donors (Lipinski definition) is 0. The molecule has 0 bridgehead atoms. The van der Waals surface area contributed by atoms with Crippen LogP contribution in [0.5, 0.6) is 0 Å². The third-order valence-corrected chi connectivity index (χ3v) is 10.2. The van der Waals surface area contributed by atoms with Crippen LogP contribution in [0.4, 0.5) is 0 Å². The first kappa shape index (κ1) is 22.7. The lowest BCUT2D eigenvalue weighted by Gasteiger charge is -2.40. The lowest BCUT2D eigenvalue weighted by atomic mass is 10.0. The zero-order chi connectivity index (χ0) is 22.1. The van der Waals surface area contributed by atoms with Gasteiger partial charge in [-0.05, 0) is 69.8 Å². The first-order chi connectivity index (χ1) is 14.8. The van der Waals surface area contributed by atoms with Crippen molar-refractivity contribution in [3.8, 4) is 0 Å². The van der Waals surface area contributed by atoms with Gasteiger partial charge in [0.1, 0.15) is 0 Å². The Bertz CT molecular complexity index is 895. The number of sulfone groups is 1. The van der Waals surface area contributed by atoms with E-state index in [-0.39, 0.29) is 5.91 Å². The minimum absolute atomic E-state index is 0.162. The number of amides is 1. The van der Waals surface area contributed by atoms with Crippen molar-refractivity contribution in [1.29, 1.82) is 0 Å². The number of piperazine rings is 1. The second-order valence-corrected chi connectivity index (χ2v) is 11.9. The van der Waals surface area contributed by atoms with Crippen LogP contribution in [-0.2, 0) is 14.6 Å². The van der Waals surface area contributed by atoms with E-state index < -0.39 is 14.6 Å². The first-order valence-electron chi connectivity index (χ1n) is 11.9. The molecule has 3 fully saturated rings. The normalized spacial score (nSPS) is 22.8. The smallest absolute Gasteiger partial charge is 0.244 e. The molecule has 7 heteroatoms. The van der Waals surface area contributed by atoms with Crippen molar-refractivity contribution in [3.63, 3.8) is 0 Å². The van der Waals surface area contributed by atoms with Crippen molar-refractivity contribution in [2.24, 2.45) is 0 Å². The fourth-order valence-corrected chi connectivity index (χ4v) is 7.94. The fourth-order valence-electron chi connectivity index (χ4n) is 5.50. The number of nitrogens with zero attached hydrogens (tertiary/aromatic N) is 3. The summed E-state index contributed by atoms with van der Waals surface area (Å²) >= 11 is 0. The minimum atomic E-state index is -3.75. The molecule has 172 valence electrons. The van der Waals surface area contributed by atoms with Gasteiger partial charge in [-0.3, -0.25) is 9.69 Å². The molecule has 4 rings (SSSR count). The van der Waals surface area contributed by atoms with Gasteiger partial charge in [0.2, 0.25) is 5.91 Å². The summed E-state index contributed by atoms with van der Waals surface area (Å²) in [6.45, 7) is 11.2. The van der Waals surface area contributed by atoms with E-state index in [1.165, 1.54) is 25.9 Å². The first-order valence-corrected chi connectivity index (χ1v) is 13.4. The molecule has 1 saturated carbocycles. The second-order valence-electron chi connectivity index (χ2n) is 9.66. The summed E-state index contributed by atoms with van der Waals surface area (Å²) in [5, 5.41) is 0. The highest BCUT2D eigenvalue weighted by molar-refractivity contribution is 7.93. The number of hydrogen-bond acceptors (Lipinski definition) is 5. The van der Waals surface area contributed by atoms with Gasteiger partial charge < -0.3 is 9.80 Å². The van der Waals surface area contributed by atoms with E-state index in [1.54, 1.807) is 6.07 Å². The maximum Gasteiger partial charge on any atom is 0.244 e. The molecule has 0 N–H and O–H groups in total. The van der Waals surface area contributed by atoms with Crippen molar-refractivity contribution in [1.82, 2.24) is 14.7 Å². The molecule has 6 nitrogen and oxygen atoms in total. The SMILES string of the molecule is Cc1ccc(C)c(S(=O)(=O)C2(C(=O)N3CCN(CCN4CCCC4)CC3)CCCC2)c1.